The molecular formula is C20H25N3O6S. The van der Waals surface area contributed by atoms with E-state index in [0.29, 0.717) is 17.2 Å². The largest absolute Gasteiger partial charge is 0.489 e. The van der Waals surface area contributed by atoms with Crippen molar-refractivity contribution in [2.24, 2.45) is 5.10 Å². The molecule has 0 fully saturated rings. The molecule has 162 valence electrons. The second-order valence-electron chi connectivity index (χ2n) is 6.56. The summed E-state index contributed by atoms with van der Waals surface area (Å²) in [6.07, 6.45) is 2.22. The third kappa shape index (κ3) is 6.73. The first-order valence-corrected chi connectivity index (χ1v) is 11.1. The topological polar surface area (TPSA) is 116 Å². The first-order valence-electron chi connectivity index (χ1n) is 9.22. The lowest BCUT2D eigenvalue weighted by Gasteiger charge is -2.15. The van der Waals surface area contributed by atoms with Crippen LogP contribution in [0.4, 0.5) is 5.69 Å². The van der Waals surface area contributed by atoms with Gasteiger partial charge in [-0.05, 0) is 45.9 Å². The molecule has 0 unspecified atom stereocenters. The molecular weight excluding hydrogens is 410 g/mol. The summed E-state index contributed by atoms with van der Waals surface area (Å²) < 4.78 is 39.5. The van der Waals surface area contributed by atoms with Gasteiger partial charge in [0.05, 0.1) is 23.3 Å². The predicted octanol–water partition coefficient (Wildman–Crippen LogP) is 3.42. The van der Waals surface area contributed by atoms with E-state index in [1.54, 1.807) is 25.1 Å². The van der Waals surface area contributed by atoms with Crippen molar-refractivity contribution in [1.29, 1.82) is 0 Å². The Balaban J connectivity index is 2.22. The summed E-state index contributed by atoms with van der Waals surface area (Å²) in [6, 6.07) is 7.88. The zero-order chi connectivity index (χ0) is 22.3. The molecule has 0 saturated heterocycles. The zero-order valence-electron chi connectivity index (χ0n) is 17.5. The molecule has 0 aliphatic rings. The van der Waals surface area contributed by atoms with Crippen LogP contribution in [0, 0.1) is 0 Å². The van der Waals surface area contributed by atoms with Crippen molar-refractivity contribution in [2.45, 2.75) is 38.7 Å². The van der Waals surface area contributed by atoms with Gasteiger partial charge in [0.1, 0.15) is 17.2 Å². The van der Waals surface area contributed by atoms with E-state index in [2.05, 4.69) is 15.5 Å². The smallest absolute Gasteiger partial charge is 0.354 e. The summed E-state index contributed by atoms with van der Waals surface area (Å²) in [4.78, 5) is 15.8. The molecule has 0 atom stereocenters. The fourth-order valence-electron chi connectivity index (χ4n) is 2.20. The first-order chi connectivity index (χ1) is 14.1. The van der Waals surface area contributed by atoms with Crippen LogP contribution in [0.2, 0.25) is 0 Å². The van der Waals surface area contributed by atoms with Crippen LogP contribution < -0.4 is 14.9 Å². The van der Waals surface area contributed by atoms with Crippen LogP contribution >= 0.6 is 0 Å². The molecule has 10 heteroatoms. The number of benzene rings is 1. The Morgan fingerprint density at radius 2 is 1.97 bits per heavy atom. The molecule has 1 aromatic carbocycles. The molecule has 0 amide bonds. The van der Waals surface area contributed by atoms with Gasteiger partial charge in [-0.3, -0.25) is 5.43 Å². The summed E-state index contributed by atoms with van der Waals surface area (Å²) in [7, 11) is -3.33. The third-order valence-electron chi connectivity index (χ3n) is 3.59. The van der Waals surface area contributed by atoms with Gasteiger partial charge >= 0.3 is 5.97 Å². The van der Waals surface area contributed by atoms with E-state index < -0.39 is 15.8 Å². The highest BCUT2D eigenvalue weighted by atomic mass is 32.2. The number of aromatic nitrogens is 1. The molecule has 0 saturated carbocycles. The summed E-state index contributed by atoms with van der Waals surface area (Å²) in [5, 5.41) is 4.03. The van der Waals surface area contributed by atoms with Gasteiger partial charge < -0.3 is 14.2 Å². The summed E-state index contributed by atoms with van der Waals surface area (Å²) >= 11 is 0. The molecule has 30 heavy (non-hydrogen) atoms. The fraction of sp³-hybridized carbons (Fsp3) is 0.350. The second-order valence-corrected chi connectivity index (χ2v) is 8.58. The van der Waals surface area contributed by atoms with Crippen molar-refractivity contribution >= 4 is 27.2 Å². The molecule has 2 aromatic rings. The average Bonchev–Trinajstić information content (AvgIpc) is 2.66. The highest BCUT2D eigenvalue weighted by Crippen LogP contribution is 2.32. The van der Waals surface area contributed by atoms with Crippen molar-refractivity contribution in [3.63, 3.8) is 0 Å². The van der Waals surface area contributed by atoms with Gasteiger partial charge in [-0.15, -0.1) is 0 Å². The van der Waals surface area contributed by atoms with Crippen molar-refractivity contribution in [1.82, 2.24) is 4.98 Å². The summed E-state index contributed by atoms with van der Waals surface area (Å²) in [5.41, 5.74) is 3.49. The Hall–Kier alpha value is -3.14. The molecule has 1 aromatic heterocycles. The minimum Gasteiger partial charge on any atom is -0.489 e. The maximum Gasteiger partial charge on any atom is 0.354 e. The first kappa shape index (κ1) is 23.1. The highest BCUT2D eigenvalue weighted by molar-refractivity contribution is 7.90. The molecule has 1 heterocycles. The number of hydrogen-bond acceptors (Lipinski definition) is 9. The number of sulfone groups is 1. The van der Waals surface area contributed by atoms with Crippen LogP contribution in [0.15, 0.2) is 46.5 Å². The van der Waals surface area contributed by atoms with E-state index in [1.165, 1.54) is 25.3 Å². The monoisotopic (exact) mass is 435 g/mol. The van der Waals surface area contributed by atoms with Crippen LogP contribution in [0.25, 0.3) is 0 Å². The molecule has 0 spiro atoms. The maximum absolute atomic E-state index is 11.7. The number of nitrogens with zero attached hydrogens (tertiary/aromatic N) is 2. The standard InChI is InChI=1S/C20H25N3O6S/c1-6-27-20(24)14(4)22-23-17-9-7-15(11-18(17)28-13(2)3)29-19-10-8-16(12-21-19)30(5,25)26/h7-13,23H,6H2,1-5H3. The molecule has 2 rings (SSSR count). The van der Waals surface area contributed by atoms with E-state index in [9.17, 15) is 13.2 Å². The number of carbonyl (C=O) groups is 1. The van der Waals surface area contributed by atoms with Crippen LogP contribution in [-0.2, 0) is 19.4 Å². The number of rotatable bonds is 9. The minimum absolute atomic E-state index is 0.105. The Morgan fingerprint density at radius 1 is 1.23 bits per heavy atom. The number of ether oxygens (including phenoxy) is 3. The average molecular weight is 436 g/mol. The van der Waals surface area contributed by atoms with E-state index in [4.69, 9.17) is 14.2 Å². The highest BCUT2D eigenvalue weighted by Gasteiger charge is 2.12. The molecule has 0 aliphatic heterocycles. The number of anilines is 1. The van der Waals surface area contributed by atoms with E-state index in [-0.39, 0.29) is 29.2 Å². The van der Waals surface area contributed by atoms with E-state index >= 15 is 0 Å². The minimum atomic E-state index is -3.33. The molecule has 0 bridgehead atoms. The van der Waals surface area contributed by atoms with Gasteiger partial charge in [0, 0.05) is 24.6 Å². The lowest BCUT2D eigenvalue weighted by atomic mass is 10.2. The SMILES string of the molecule is CCOC(=O)C(C)=NNc1ccc(Oc2ccc(S(C)(=O)=O)cn2)cc1OC(C)C. The van der Waals surface area contributed by atoms with E-state index in [0.717, 1.165) is 6.26 Å². The number of pyridine rings is 1. The molecule has 0 aliphatic carbocycles. The number of hydrogen-bond donors (Lipinski definition) is 1. The Kier molecular flexibility index (Phi) is 7.76. The lowest BCUT2D eigenvalue weighted by molar-refractivity contribution is -0.135. The molecule has 1 N–H and O–H groups in total. The van der Waals surface area contributed by atoms with Gasteiger partial charge in [-0.25, -0.2) is 18.2 Å². The van der Waals surface area contributed by atoms with Crippen molar-refractivity contribution in [3.8, 4) is 17.4 Å². The van der Waals surface area contributed by atoms with Gasteiger partial charge in [-0.1, -0.05) is 0 Å². The number of nitrogens with one attached hydrogen (secondary N) is 1. The fourth-order valence-corrected chi connectivity index (χ4v) is 2.76. The Labute approximate surface area is 176 Å². The van der Waals surface area contributed by atoms with Crippen molar-refractivity contribution in [2.75, 3.05) is 18.3 Å². The number of carbonyl (C=O) groups excluding carboxylic acids is 1. The van der Waals surface area contributed by atoms with E-state index in [1.807, 2.05) is 13.8 Å². The Morgan fingerprint density at radius 3 is 2.53 bits per heavy atom. The van der Waals surface area contributed by atoms with Crippen molar-refractivity contribution in [3.05, 3.63) is 36.5 Å². The van der Waals surface area contributed by atoms with Crippen LogP contribution in [-0.4, -0.2) is 44.0 Å². The maximum atomic E-state index is 11.7. The van der Waals surface area contributed by atoms with Crippen LogP contribution in [0.1, 0.15) is 27.7 Å². The van der Waals surface area contributed by atoms with Gasteiger partial charge in [-0.2, -0.15) is 5.10 Å². The predicted molar refractivity (Wildman–Crippen MR) is 113 cm³/mol. The summed E-state index contributed by atoms with van der Waals surface area (Å²) in [5.74, 6) is 0.604. The van der Waals surface area contributed by atoms with Gasteiger partial charge in [0.25, 0.3) is 0 Å². The third-order valence-corrected chi connectivity index (χ3v) is 4.69. The van der Waals surface area contributed by atoms with Crippen LogP contribution in [0.3, 0.4) is 0 Å². The normalized spacial score (nSPS) is 11.9. The number of hydrazone groups is 1. The second kappa shape index (κ2) is 10.1. The summed E-state index contributed by atoms with van der Waals surface area (Å²) in [6.45, 7) is 7.26. The zero-order valence-corrected chi connectivity index (χ0v) is 18.3. The number of esters is 1. The van der Waals surface area contributed by atoms with Crippen LogP contribution in [0.5, 0.6) is 17.4 Å². The lowest BCUT2D eigenvalue weighted by Crippen LogP contribution is -2.15. The molecule has 0 radical (unpaired) electrons. The molecule has 9 nitrogen and oxygen atoms in total. The quantitative estimate of drug-likeness (QED) is 0.362. The van der Waals surface area contributed by atoms with Gasteiger partial charge in [0.15, 0.2) is 9.84 Å². The van der Waals surface area contributed by atoms with Crippen molar-refractivity contribution < 1.29 is 27.4 Å². The van der Waals surface area contributed by atoms with Gasteiger partial charge in [0.2, 0.25) is 5.88 Å². The Bertz CT molecular complexity index is 1020.